The molecule has 0 aliphatic carbocycles. The molecule has 1 heterocycles. The van der Waals surface area contributed by atoms with E-state index in [2.05, 4.69) is 30.9 Å². The quantitative estimate of drug-likeness (QED) is 0.882. The lowest BCUT2D eigenvalue weighted by molar-refractivity contribution is 0.101. The number of rotatable bonds is 4. The van der Waals surface area contributed by atoms with Crippen molar-refractivity contribution in [2.45, 2.75) is 6.42 Å². The predicted molar refractivity (Wildman–Crippen MR) is 68.4 cm³/mol. The number of nitrogens with one attached hydrogen (secondary N) is 1. The molecule has 1 aromatic carbocycles. The zero-order valence-corrected chi connectivity index (χ0v) is 10.6. The van der Waals surface area contributed by atoms with E-state index in [9.17, 15) is 4.79 Å². The third kappa shape index (κ3) is 3.17. The number of halogens is 1. The Bertz CT molecular complexity index is 480. The summed E-state index contributed by atoms with van der Waals surface area (Å²) in [4.78, 5) is 11.6. The Kier molecular flexibility index (Phi) is 3.93. The Morgan fingerprint density at radius 1 is 1.29 bits per heavy atom. The molecule has 2 aromatic rings. The molecule has 88 valence electrons. The summed E-state index contributed by atoms with van der Waals surface area (Å²) in [5, 5.41) is 7.23. The number of benzene rings is 1. The van der Waals surface area contributed by atoms with Gasteiger partial charge in [0.15, 0.2) is 5.69 Å². The summed E-state index contributed by atoms with van der Waals surface area (Å²) >= 11 is 3.38. The maximum atomic E-state index is 11.6. The van der Waals surface area contributed by atoms with Gasteiger partial charge in [0.25, 0.3) is 5.91 Å². The number of aryl methyl sites for hydroxylation is 1. The van der Waals surface area contributed by atoms with Gasteiger partial charge in [-0.05, 0) is 24.1 Å². The monoisotopic (exact) mass is 294 g/mol. The number of hydrogen-bond acceptors (Lipinski definition) is 3. The molecule has 5 heteroatoms. The first kappa shape index (κ1) is 11.9. The molecule has 1 aromatic heterocycles. The molecule has 0 unspecified atom stereocenters. The zero-order valence-electron chi connectivity index (χ0n) is 9.02. The van der Waals surface area contributed by atoms with Gasteiger partial charge in [0, 0.05) is 17.1 Å². The predicted octanol–water partition coefficient (Wildman–Crippen LogP) is 2.86. The highest BCUT2D eigenvalue weighted by Gasteiger charge is 2.08. The van der Waals surface area contributed by atoms with Crippen LogP contribution in [0.15, 0.2) is 41.1 Å². The van der Waals surface area contributed by atoms with Gasteiger partial charge < -0.3 is 9.84 Å². The molecule has 0 radical (unpaired) electrons. The van der Waals surface area contributed by atoms with E-state index in [1.807, 2.05) is 24.3 Å². The minimum Gasteiger partial charge on any atom is -0.364 e. The summed E-state index contributed by atoms with van der Waals surface area (Å²) < 4.78 is 4.61. The lowest BCUT2D eigenvalue weighted by atomic mass is 10.1. The fourth-order valence-corrected chi connectivity index (χ4v) is 1.85. The van der Waals surface area contributed by atoms with E-state index in [1.165, 1.54) is 17.9 Å². The second kappa shape index (κ2) is 5.63. The van der Waals surface area contributed by atoms with E-state index in [0.29, 0.717) is 0 Å². The lowest BCUT2D eigenvalue weighted by Gasteiger charge is -2.04. The Balaban J connectivity index is 2.01. The van der Waals surface area contributed by atoms with Gasteiger partial charge in [-0.2, -0.15) is 0 Å². The Hall–Kier alpha value is -1.62. The molecule has 17 heavy (non-hydrogen) atoms. The number of carbonyl (C=O) groups is 1. The van der Waals surface area contributed by atoms with Crippen molar-refractivity contribution in [2.75, 3.05) is 10.6 Å². The van der Waals surface area contributed by atoms with Gasteiger partial charge in [-0.1, -0.05) is 33.2 Å². The van der Waals surface area contributed by atoms with Crippen molar-refractivity contribution in [3.05, 3.63) is 47.9 Å². The fourth-order valence-electron chi connectivity index (χ4n) is 1.39. The molecule has 0 fully saturated rings. The molecule has 0 saturated carbocycles. The number of hydrogen-bond donors (Lipinski definition) is 1. The van der Waals surface area contributed by atoms with Crippen LogP contribution >= 0.6 is 15.9 Å². The molecule has 4 nitrogen and oxygen atoms in total. The van der Waals surface area contributed by atoms with Crippen LogP contribution in [0.3, 0.4) is 0 Å². The van der Waals surface area contributed by atoms with Crippen LogP contribution < -0.4 is 5.32 Å². The highest BCUT2D eigenvalue weighted by Crippen LogP contribution is 2.11. The summed E-state index contributed by atoms with van der Waals surface area (Å²) in [6.07, 6.45) is 2.34. The van der Waals surface area contributed by atoms with Crippen LogP contribution in [0.25, 0.3) is 0 Å². The van der Waals surface area contributed by atoms with Crippen molar-refractivity contribution in [1.82, 2.24) is 5.16 Å². The van der Waals surface area contributed by atoms with Crippen LogP contribution in [0.1, 0.15) is 16.1 Å². The van der Waals surface area contributed by atoms with Crippen LogP contribution in [0.2, 0.25) is 0 Å². The first-order valence-electron chi connectivity index (χ1n) is 5.16. The van der Waals surface area contributed by atoms with Gasteiger partial charge in [0.05, 0.1) is 0 Å². The zero-order chi connectivity index (χ0) is 12.1. The molecule has 1 N–H and O–H groups in total. The van der Waals surface area contributed by atoms with E-state index >= 15 is 0 Å². The van der Waals surface area contributed by atoms with Gasteiger partial charge in [-0.15, -0.1) is 0 Å². The number of carbonyl (C=O) groups excluding carboxylic acids is 1. The summed E-state index contributed by atoms with van der Waals surface area (Å²) in [6, 6.07) is 9.24. The number of nitrogens with zero attached hydrogens (tertiary/aromatic N) is 1. The third-order valence-electron chi connectivity index (χ3n) is 2.27. The van der Waals surface area contributed by atoms with Crippen LogP contribution in [-0.4, -0.2) is 16.4 Å². The third-order valence-corrected chi connectivity index (χ3v) is 2.66. The van der Waals surface area contributed by atoms with E-state index < -0.39 is 0 Å². The Morgan fingerprint density at radius 3 is 2.65 bits per heavy atom. The van der Waals surface area contributed by atoms with Crippen molar-refractivity contribution < 1.29 is 9.32 Å². The topological polar surface area (TPSA) is 55.1 Å². The van der Waals surface area contributed by atoms with E-state index in [1.54, 1.807) is 0 Å². The van der Waals surface area contributed by atoms with E-state index in [0.717, 1.165) is 17.4 Å². The molecular formula is C12H11BrN2O2. The average Bonchev–Trinajstić information content (AvgIpc) is 2.86. The van der Waals surface area contributed by atoms with E-state index in [-0.39, 0.29) is 11.6 Å². The molecule has 0 spiro atoms. The molecule has 1 amide bonds. The first-order valence-corrected chi connectivity index (χ1v) is 6.28. The Labute approximate surface area is 107 Å². The summed E-state index contributed by atoms with van der Waals surface area (Å²) in [5.41, 5.74) is 2.24. The van der Waals surface area contributed by atoms with Gasteiger partial charge in [-0.3, -0.25) is 4.79 Å². The molecule has 0 saturated heterocycles. The van der Waals surface area contributed by atoms with Crippen molar-refractivity contribution in [2.24, 2.45) is 0 Å². The van der Waals surface area contributed by atoms with Gasteiger partial charge in [0.1, 0.15) is 6.26 Å². The summed E-state index contributed by atoms with van der Waals surface area (Å²) in [6.45, 7) is 0. The highest BCUT2D eigenvalue weighted by molar-refractivity contribution is 9.09. The van der Waals surface area contributed by atoms with Crippen molar-refractivity contribution in [3.63, 3.8) is 0 Å². The van der Waals surface area contributed by atoms with Crippen molar-refractivity contribution in [1.29, 1.82) is 0 Å². The SMILES string of the molecule is O=C(Nc1ccc(CCBr)cc1)c1ccon1. The fraction of sp³-hybridized carbons (Fsp3) is 0.167. The lowest BCUT2D eigenvalue weighted by Crippen LogP contribution is -2.12. The number of aromatic nitrogens is 1. The van der Waals surface area contributed by atoms with Crippen LogP contribution in [0.5, 0.6) is 0 Å². The Morgan fingerprint density at radius 2 is 2.06 bits per heavy atom. The van der Waals surface area contributed by atoms with Gasteiger partial charge in [0.2, 0.25) is 0 Å². The normalized spacial score (nSPS) is 10.2. The second-order valence-corrected chi connectivity index (χ2v) is 4.27. The number of anilines is 1. The number of amides is 1. The number of alkyl halides is 1. The molecule has 0 bridgehead atoms. The molecular weight excluding hydrogens is 284 g/mol. The first-order chi connectivity index (χ1) is 8.29. The molecule has 0 atom stereocenters. The smallest absolute Gasteiger partial charge is 0.277 e. The van der Waals surface area contributed by atoms with Crippen LogP contribution in [-0.2, 0) is 6.42 Å². The standard InChI is InChI=1S/C12H11BrN2O2/c13-7-5-9-1-3-10(4-2-9)14-12(16)11-6-8-17-15-11/h1-4,6,8H,5,7H2,(H,14,16). The summed E-state index contributed by atoms with van der Waals surface area (Å²) in [5.74, 6) is -0.271. The summed E-state index contributed by atoms with van der Waals surface area (Å²) in [7, 11) is 0. The minimum absolute atomic E-state index is 0.271. The van der Waals surface area contributed by atoms with Crippen LogP contribution in [0.4, 0.5) is 5.69 Å². The maximum Gasteiger partial charge on any atom is 0.277 e. The largest absolute Gasteiger partial charge is 0.364 e. The maximum absolute atomic E-state index is 11.6. The average molecular weight is 295 g/mol. The minimum atomic E-state index is -0.271. The molecule has 0 aliphatic rings. The van der Waals surface area contributed by atoms with Crippen molar-refractivity contribution >= 4 is 27.5 Å². The van der Waals surface area contributed by atoms with Crippen LogP contribution in [0, 0.1) is 0 Å². The highest BCUT2D eigenvalue weighted by atomic mass is 79.9. The van der Waals surface area contributed by atoms with Gasteiger partial charge >= 0.3 is 0 Å². The van der Waals surface area contributed by atoms with E-state index in [4.69, 9.17) is 0 Å². The van der Waals surface area contributed by atoms with Gasteiger partial charge in [-0.25, -0.2) is 0 Å². The molecule has 0 aliphatic heterocycles. The van der Waals surface area contributed by atoms with Crippen molar-refractivity contribution in [3.8, 4) is 0 Å². The second-order valence-electron chi connectivity index (χ2n) is 3.47. The molecule has 2 rings (SSSR count).